The molecule has 0 atom stereocenters. The molecular weight excluding hydrogens is 876 g/mol. The van der Waals surface area contributed by atoms with Crippen molar-refractivity contribution in [1.29, 1.82) is 0 Å². The molecule has 0 aliphatic heterocycles. The molecule has 0 saturated heterocycles. The van der Waals surface area contributed by atoms with E-state index in [1.807, 2.05) is 0 Å². The third-order valence-electron chi connectivity index (χ3n) is 6.05. The molecule has 0 bridgehead atoms. The SMILES string of the molecule is FC(F)(F)C(F)(F)C(F)(F)C(F)(F)C(F)(F)P(F)(F)(C(F)(F)C(F)(F)C(F)(F)C(F)(F)C(F)(F)F)C(F)(F)C(F)(F)C(F)(F)C(F)(F)C(F)(F)F. The minimum absolute atomic E-state index is 8.86. The Labute approximate surface area is 251 Å². The van der Waals surface area contributed by atoms with Gasteiger partial charge in [0.2, 0.25) is 0 Å². The van der Waals surface area contributed by atoms with Gasteiger partial charge in [0.05, 0.1) is 0 Å². The molecule has 0 rings (SSSR count). The summed E-state index contributed by atoms with van der Waals surface area (Å²) in [6.45, 7) is 0. The second-order valence-electron chi connectivity index (χ2n) is 9.19. The Hall–Kier alpha value is -2.02. The number of alkyl halides is 33. The van der Waals surface area contributed by atoms with Crippen LogP contribution >= 0.6 is 7.22 Å². The molecule has 0 heterocycles. The first-order valence-corrected chi connectivity index (χ1v) is 12.3. The predicted molar refractivity (Wildman–Crippen MR) is 86.7 cm³/mol. The summed E-state index contributed by atoms with van der Waals surface area (Å²) in [5.74, 6) is -91.7. The fourth-order valence-electron chi connectivity index (χ4n) is 2.96. The molecule has 310 valence electrons. The molecule has 0 aliphatic carbocycles. The standard InChI is InChI=1S/C15F35P/c16-1(17,4(22,23)10(34,35)36)7(28,29)13(43,44)51(49,50,14(45,46)8(30,31)2(18,19)5(24,25)11(37,38)39)15(47,48)9(32,33)3(20,21)6(26,27)12(40,41)42. The van der Waals surface area contributed by atoms with Crippen molar-refractivity contribution in [3.63, 3.8) is 0 Å². The Morgan fingerprint density at radius 3 is 0.392 bits per heavy atom. The molecule has 0 unspecified atom stereocenters. The second-order valence-corrected chi connectivity index (χ2v) is 12.7. The number of rotatable bonds is 12. The fraction of sp³-hybridized carbons (Fsp3) is 1.00. The van der Waals surface area contributed by atoms with Gasteiger partial charge in [-0.25, -0.2) is 0 Å². The average Bonchev–Trinajstić information content (AvgIpc) is 2.85. The van der Waals surface area contributed by atoms with Crippen LogP contribution in [0.15, 0.2) is 0 Å². The first-order valence-electron chi connectivity index (χ1n) is 10.2. The van der Waals surface area contributed by atoms with Crippen molar-refractivity contribution in [3.05, 3.63) is 0 Å². The molecule has 0 aromatic rings. The van der Waals surface area contributed by atoms with Crippen LogP contribution in [-0.2, 0) is 0 Å². The number of hydrogen-bond acceptors (Lipinski definition) is 0. The van der Waals surface area contributed by atoms with E-state index in [0.717, 1.165) is 0 Å². The van der Waals surface area contributed by atoms with Crippen molar-refractivity contribution in [2.75, 3.05) is 0 Å². The monoisotopic (exact) mass is 876 g/mol. The van der Waals surface area contributed by atoms with E-state index in [4.69, 9.17) is 0 Å². The van der Waals surface area contributed by atoms with Crippen LogP contribution in [0.3, 0.4) is 0 Å². The molecular formula is C15F35P. The number of hydrogen-bond donors (Lipinski definition) is 0. The first kappa shape index (κ1) is 49.0. The summed E-state index contributed by atoms with van der Waals surface area (Å²) in [6.07, 6.45) is -26.6. The summed E-state index contributed by atoms with van der Waals surface area (Å²) in [7, 11) is -15.9. The van der Waals surface area contributed by atoms with Gasteiger partial charge in [-0.15, -0.1) is 0 Å². The van der Waals surface area contributed by atoms with Crippen molar-refractivity contribution in [2.24, 2.45) is 0 Å². The van der Waals surface area contributed by atoms with E-state index in [2.05, 4.69) is 0 Å². The van der Waals surface area contributed by atoms with Crippen LogP contribution < -0.4 is 0 Å². The van der Waals surface area contributed by atoms with Gasteiger partial charge >= 0.3 is 249 Å². The first-order chi connectivity index (χ1) is 21.1. The summed E-state index contributed by atoms with van der Waals surface area (Å²) in [5, 5.41) is 0. The van der Waals surface area contributed by atoms with E-state index < -0.39 is 96.0 Å². The van der Waals surface area contributed by atoms with Crippen molar-refractivity contribution >= 4 is 7.22 Å². The van der Waals surface area contributed by atoms with Gasteiger partial charge in [0, 0.05) is 0 Å². The quantitative estimate of drug-likeness (QED) is 0.135. The number of halogens is 35. The Balaban J connectivity index is 9.31. The van der Waals surface area contributed by atoms with Crippen LogP contribution in [0.25, 0.3) is 0 Å². The Bertz CT molecular complexity index is 1140. The predicted octanol–water partition coefficient (Wildman–Crippen LogP) is 12.5. The normalized spacial score (nSPS) is 18.1. The maximum absolute atomic E-state index is 15.9. The molecule has 0 saturated carbocycles. The third-order valence-corrected chi connectivity index (χ3v) is 9.85. The molecule has 0 radical (unpaired) electrons. The topological polar surface area (TPSA) is 0 Å². The van der Waals surface area contributed by atoms with Gasteiger partial charge in [-0.2, -0.15) is 0 Å². The minimum atomic E-state index is -15.9. The molecule has 0 fully saturated rings. The molecule has 0 spiro atoms. The van der Waals surface area contributed by atoms with Gasteiger partial charge in [-0.05, 0) is 0 Å². The Kier molecular flexibility index (Phi) is 10.6. The van der Waals surface area contributed by atoms with E-state index in [0.29, 0.717) is 0 Å². The molecule has 0 amide bonds. The van der Waals surface area contributed by atoms with Crippen LogP contribution in [0.5, 0.6) is 0 Å². The van der Waals surface area contributed by atoms with Gasteiger partial charge in [0.1, 0.15) is 0 Å². The molecule has 0 aliphatic rings. The van der Waals surface area contributed by atoms with Gasteiger partial charge in [-0.3, -0.25) is 0 Å². The summed E-state index contributed by atoms with van der Waals surface area (Å²) in [5.41, 5.74) is -34.9. The Morgan fingerprint density at radius 2 is 0.294 bits per heavy atom. The van der Waals surface area contributed by atoms with Crippen LogP contribution in [0.4, 0.5) is 153 Å². The van der Waals surface area contributed by atoms with E-state index >= 15 is 8.39 Å². The molecule has 0 nitrogen and oxygen atoms in total. The molecule has 36 heteroatoms. The molecule has 0 N–H and O–H groups in total. The van der Waals surface area contributed by atoms with Crippen LogP contribution in [-0.4, -0.2) is 88.8 Å². The molecule has 0 aromatic carbocycles. The molecule has 51 heavy (non-hydrogen) atoms. The third kappa shape index (κ3) is 5.03. The fourth-order valence-corrected chi connectivity index (χ4v) is 5.92. The van der Waals surface area contributed by atoms with E-state index in [1.165, 1.54) is 0 Å². The zero-order valence-corrected chi connectivity index (χ0v) is 22.1. The van der Waals surface area contributed by atoms with Gasteiger partial charge in [-0.1, -0.05) is 0 Å². The van der Waals surface area contributed by atoms with Crippen molar-refractivity contribution < 1.29 is 153 Å². The van der Waals surface area contributed by atoms with E-state index in [1.54, 1.807) is 0 Å². The molecule has 0 aromatic heterocycles. The summed E-state index contributed by atoms with van der Waals surface area (Å²) in [6, 6.07) is 0. The summed E-state index contributed by atoms with van der Waals surface area (Å²) < 4.78 is 468. The van der Waals surface area contributed by atoms with Gasteiger partial charge in [0.15, 0.2) is 0 Å². The average molecular weight is 876 g/mol. The zero-order chi connectivity index (χ0) is 42.9. The summed E-state index contributed by atoms with van der Waals surface area (Å²) in [4.78, 5) is 0. The van der Waals surface area contributed by atoms with E-state index in [-0.39, 0.29) is 0 Å². The van der Waals surface area contributed by atoms with Crippen molar-refractivity contribution in [2.45, 2.75) is 88.8 Å². The van der Waals surface area contributed by atoms with Crippen LogP contribution in [0, 0.1) is 0 Å². The summed E-state index contributed by atoms with van der Waals surface area (Å²) >= 11 is 0. The van der Waals surface area contributed by atoms with E-state index in [9.17, 15) is 145 Å². The van der Waals surface area contributed by atoms with Gasteiger partial charge in [0.25, 0.3) is 0 Å². The van der Waals surface area contributed by atoms with Crippen molar-refractivity contribution in [3.8, 4) is 0 Å². The van der Waals surface area contributed by atoms with Crippen LogP contribution in [0.1, 0.15) is 0 Å². The Morgan fingerprint density at radius 1 is 0.176 bits per heavy atom. The maximum atomic E-state index is 15.1. The van der Waals surface area contributed by atoms with Crippen LogP contribution in [0.2, 0.25) is 0 Å². The second kappa shape index (κ2) is 11.0. The van der Waals surface area contributed by atoms with Gasteiger partial charge < -0.3 is 0 Å². The van der Waals surface area contributed by atoms with Crippen molar-refractivity contribution in [1.82, 2.24) is 0 Å². The zero-order valence-electron chi connectivity index (χ0n) is 21.2.